The van der Waals surface area contributed by atoms with Crippen molar-refractivity contribution in [2.24, 2.45) is 0 Å². The Bertz CT molecular complexity index is 374. The van der Waals surface area contributed by atoms with Crippen LogP contribution in [0.4, 0.5) is 0 Å². The van der Waals surface area contributed by atoms with Gasteiger partial charge < -0.3 is 19.3 Å². The summed E-state index contributed by atoms with van der Waals surface area (Å²) in [6.45, 7) is 1.38. The van der Waals surface area contributed by atoms with Gasteiger partial charge in [-0.3, -0.25) is 0 Å². The van der Waals surface area contributed by atoms with Gasteiger partial charge in [-0.15, -0.1) is 0 Å². The van der Waals surface area contributed by atoms with Crippen molar-refractivity contribution in [2.75, 3.05) is 20.3 Å². The van der Waals surface area contributed by atoms with E-state index in [4.69, 9.17) is 14.2 Å². The van der Waals surface area contributed by atoms with Crippen LogP contribution in [0, 0.1) is 3.57 Å². The van der Waals surface area contributed by atoms with Crippen LogP contribution in [-0.2, 0) is 9.47 Å². The minimum atomic E-state index is -0.377. The zero-order chi connectivity index (χ0) is 11.5. The molecule has 0 amide bonds. The third kappa shape index (κ3) is 2.26. The molecule has 1 heterocycles. The van der Waals surface area contributed by atoms with Crippen LogP contribution < -0.4 is 4.74 Å². The van der Waals surface area contributed by atoms with Crippen LogP contribution in [0.3, 0.4) is 0 Å². The molecule has 1 N–H and O–H groups in total. The third-order valence-electron chi connectivity index (χ3n) is 2.41. The number of phenols is 1. The van der Waals surface area contributed by atoms with Crippen molar-refractivity contribution in [1.82, 2.24) is 0 Å². The van der Waals surface area contributed by atoms with E-state index in [-0.39, 0.29) is 12.0 Å². The Morgan fingerprint density at radius 1 is 1.38 bits per heavy atom. The van der Waals surface area contributed by atoms with Crippen LogP contribution in [0.25, 0.3) is 0 Å². The molecule has 0 atom stereocenters. The Balaban J connectivity index is 2.30. The topological polar surface area (TPSA) is 47.9 Å². The van der Waals surface area contributed by atoms with E-state index >= 15 is 0 Å². The molecule has 1 aromatic rings. The summed E-state index contributed by atoms with van der Waals surface area (Å²) in [5, 5.41) is 9.87. The van der Waals surface area contributed by atoms with E-state index in [9.17, 15) is 5.11 Å². The van der Waals surface area contributed by atoms with Crippen LogP contribution in [0.5, 0.6) is 11.5 Å². The standard InChI is InChI=1S/C11H13IO4/c1-14-8-4-3-7(9(12)10(8)13)11-15-5-2-6-16-11/h3-4,11,13H,2,5-6H2,1H3. The number of methoxy groups -OCH3 is 1. The zero-order valence-corrected chi connectivity index (χ0v) is 11.1. The maximum absolute atomic E-state index is 9.87. The molecule has 1 aliphatic rings. The molecule has 0 spiro atoms. The molecule has 0 unspecified atom stereocenters. The van der Waals surface area contributed by atoms with Crippen molar-refractivity contribution < 1.29 is 19.3 Å². The number of ether oxygens (including phenoxy) is 3. The summed E-state index contributed by atoms with van der Waals surface area (Å²) in [6, 6.07) is 3.57. The number of aromatic hydroxyl groups is 1. The second-order valence-corrected chi connectivity index (χ2v) is 4.53. The van der Waals surface area contributed by atoms with E-state index in [1.807, 2.05) is 6.07 Å². The summed E-state index contributed by atoms with van der Waals surface area (Å²) >= 11 is 2.07. The fraction of sp³-hybridized carbons (Fsp3) is 0.455. The monoisotopic (exact) mass is 336 g/mol. The normalized spacial score (nSPS) is 17.4. The lowest BCUT2D eigenvalue weighted by Crippen LogP contribution is -2.18. The van der Waals surface area contributed by atoms with Gasteiger partial charge >= 0.3 is 0 Å². The number of hydrogen-bond donors (Lipinski definition) is 1. The van der Waals surface area contributed by atoms with Crippen LogP contribution in [0.1, 0.15) is 18.3 Å². The number of rotatable bonds is 2. The van der Waals surface area contributed by atoms with Crippen LogP contribution >= 0.6 is 22.6 Å². The van der Waals surface area contributed by atoms with Gasteiger partial charge in [0.1, 0.15) is 0 Å². The first-order chi connectivity index (χ1) is 7.74. The van der Waals surface area contributed by atoms with Crippen molar-refractivity contribution in [3.63, 3.8) is 0 Å². The Hall–Kier alpha value is -0.530. The minimum absolute atomic E-state index is 0.137. The average molecular weight is 336 g/mol. The van der Waals surface area contributed by atoms with Crippen molar-refractivity contribution in [1.29, 1.82) is 0 Å². The van der Waals surface area contributed by atoms with Gasteiger partial charge in [-0.25, -0.2) is 0 Å². The Morgan fingerprint density at radius 3 is 2.69 bits per heavy atom. The number of halogens is 1. The van der Waals surface area contributed by atoms with Crippen molar-refractivity contribution in [2.45, 2.75) is 12.7 Å². The molecule has 0 bridgehead atoms. The van der Waals surface area contributed by atoms with E-state index in [1.165, 1.54) is 7.11 Å². The van der Waals surface area contributed by atoms with Crippen molar-refractivity contribution in [3.8, 4) is 11.5 Å². The fourth-order valence-electron chi connectivity index (χ4n) is 1.58. The third-order valence-corrected chi connectivity index (χ3v) is 3.54. The maximum Gasteiger partial charge on any atom is 0.184 e. The van der Waals surface area contributed by atoms with Crippen molar-refractivity contribution >= 4 is 22.6 Å². The summed E-state index contributed by atoms with van der Waals surface area (Å²) < 4.78 is 16.7. The first-order valence-electron chi connectivity index (χ1n) is 5.02. The summed E-state index contributed by atoms with van der Waals surface area (Å²) in [6.07, 6.45) is 0.535. The van der Waals surface area contributed by atoms with Gasteiger partial charge in [0, 0.05) is 5.56 Å². The number of hydrogen-bond acceptors (Lipinski definition) is 4. The lowest BCUT2D eigenvalue weighted by molar-refractivity contribution is -0.183. The zero-order valence-electron chi connectivity index (χ0n) is 8.90. The second-order valence-electron chi connectivity index (χ2n) is 3.45. The molecular weight excluding hydrogens is 323 g/mol. The molecule has 0 aromatic heterocycles. The van der Waals surface area contributed by atoms with Crippen molar-refractivity contribution in [3.05, 3.63) is 21.3 Å². The highest BCUT2D eigenvalue weighted by Crippen LogP contribution is 2.37. The summed E-state index contributed by atoms with van der Waals surface area (Å²) in [4.78, 5) is 0. The largest absolute Gasteiger partial charge is 0.504 e. The maximum atomic E-state index is 9.87. The summed E-state index contributed by atoms with van der Waals surface area (Å²) in [7, 11) is 1.53. The van der Waals surface area contributed by atoms with E-state index in [2.05, 4.69) is 22.6 Å². The summed E-state index contributed by atoms with van der Waals surface area (Å²) in [5.41, 5.74) is 0.846. The Kier molecular flexibility index (Phi) is 3.88. The SMILES string of the molecule is COc1ccc(C2OCCCO2)c(I)c1O. The van der Waals surface area contributed by atoms with Gasteiger partial charge in [-0.1, -0.05) is 0 Å². The van der Waals surface area contributed by atoms with Gasteiger partial charge in [0.2, 0.25) is 0 Å². The fourth-order valence-corrected chi connectivity index (χ4v) is 2.28. The molecule has 0 radical (unpaired) electrons. The lowest BCUT2D eigenvalue weighted by atomic mass is 10.2. The molecule has 0 saturated carbocycles. The van der Waals surface area contributed by atoms with E-state index < -0.39 is 0 Å². The first-order valence-corrected chi connectivity index (χ1v) is 6.10. The van der Waals surface area contributed by atoms with Gasteiger partial charge in [0.05, 0.1) is 23.9 Å². The van der Waals surface area contributed by atoms with Gasteiger partial charge in [-0.2, -0.15) is 0 Å². The molecule has 1 aromatic carbocycles. The smallest absolute Gasteiger partial charge is 0.184 e. The highest BCUT2D eigenvalue weighted by molar-refractivity contribution is 14.1. The number of benzene rings is 1. The average Bonchev–Trinajstić information content (AvgIpc) is 2.34. The predicted octanol–water partition coefficient (Wildman–Crippen LogP) is 2.44. The second kappa shape index (κ2) is 5.20. The number of phenolic OH excluding ortho intramolecular Hbond substituents is 1. The van der Waals surface area contributed by atoms with E-state index in [0.717, 1.165) is 12.0 Å². The molecule has 16 heavy (non-hydrogen) atoms. The van der Waals surface area contributed by atoms with Crippen LogP contribution in [0.15, 0.2) is 12.1 Å². The molecule has 88 valence electrons. The van der Waals surface area contributed by atoms with Gasteiger partial charge in [0.15, 0.2) is 17.8 Å². The molecular formula is C11H13IO4. The first kappa shape index (κ1) is 11.9. The van der Waals surface area contributed by atoms with Gasteiger partial charge in [-0.05, 0) is 41.1 Å². The molecule has 1 saturated heterocycles. The highest BCUT2D eigenvalue weighted by Gasteiger charge is 2.22. The quantitative estimate of drug-likeness (QED) is 0.843. The Labute approximate surface area is 108 Å². The lowest BCUT2D eigenvalue weighted by Gasteiger charge is -2.24. The van der Waals surface area contributed by atoms with Crippen LogP contribution in [-0.4, -0.2) is 25.4 Å². The minimum Gasteiger partial charge on any atom is -0.504 e. The van der Waals surface area contributed by atoms with Gasteiger partial charge in [0.25, 0.3) is 0 Å². The molecule has 1 aliphatic heterocycles. The summed E-state index contributed by atoms with van der Waals surface area (Å²) in [5.74, 6) is 0.599. The van der Waals surface area contributed by atoms with Crippen LogP contribution in [0.2, 0.25) is 0 Å². The van der Waals surface area contributed by atoms with E-state index in [1.54, 1.807) is 6.07 Å². The van der Waals surface area contributed by atoms with E-state index in [0.29, 0.717) is 22.5 Å². The highest BCUT2D eigenvalue weighted by atomic mass is 127. The molecule has 0 aliphatic carbocycles. The molecule has 4 nitrogen and oxygen atoms in total. The molecule has 5 heteroatoms. The predicted molar refractivity (Wildman–Crippen MR) is 66.6 cm³/mol. The molecule has 1 fully saturated rings. The molecule has 2 rings (SSSR count). The Morgan fingerprint density at radius 2 is 2.06 bits per heavy atom.